The summed E-state index contributed by atoms with van der Waals surface area (Å²) < 4.78 is 1.37. The maximum atomic E-state index is 12.7. The summed E-state index contributed by atoms with van der Waals surface area (Å²) >= 11 is 0. The van der Waals surface area contributed by atoms with E-state index in [-0.39, 0.29) is 29.6 Å². The zero-order valence-electron chi connectivity index (χ0n) is 15.1. The third kappa shape index (κ3) is 4.43. The van der Waals surface area contributed by atoms with Crippen molar-refractivity contribution in [1.29, 1.82) is 0 Å². The maximum Gasteiger partial charge on any atom is 0.263 e. The van der Waals surface area contributed by atoms with Crippen LogP contribution in [0.1, 0.15) is 45.5 Å². The van der Waals surface area contributed by atoms with Gasteiger partial charge in [-0.15, -0.1) is 0 Å². The highest BCUT2D eigenvalue weighted by Crippen LogP contribution is 2.19. The molecule has 1 aromatic carbocycles. The molecule has 2 aromatic rings. The van der Waals surface area contributed by atoms with E-state index in [0.717, 1.165) is 5.56 Å². The highest BCUT2D eigenvalue weighted by atomic mass is 16.3. The average Bonchev–Trinajstić information content (AvgIpc) is 3.08. The van der Waals surface area contributed by atoms with Crippen molar-refractivity contribution in [1.82, 2.24) is 15.2 Å². The van der Waals surface area contributed by atoms with Crippen LogP contribution in [0.15, 0.2) is 47.4 Å². The molecule has 1 saturated carbocycles. The molecule has 1 aliphatic rings. The van der Waals surface area contributed by atoms with Crippen LogP contribution in [0, 0.1) is 0 Å². The Labute approximate surface area is 157 Å². The lowest BCUT2D eigenvalue weighted by Crippen LogP contribution is -2.36. The zero-order chi connectivity index (χ0) is 19.4. The van der Waals surface area contributed by atoms with Crippen molar-refractivity contribution >= 4 is 11.8 Å². The van der Waals surface area contributed by atoms with Crippen molar-refractivity contribution in [2.45, 2.75) is 38.0 Å². The molecule has 3 N–H and O–H groups in total. The smallest absolute Gasteiger partial charge is 0.263 e. The second-order valence-corrected chi connectivity index (χ2v) is 6.78. The first-order valence-electron chi connectivity index (χ1n) is 8.97. The topological polar surface area (TPSA) is 100 Å². The number of aromatic nitrogens is 1. The van der Waals surface area contributed by atoms with Crippen LogP contribution in [0.4, 0.5) is 0 Å². The fraction of sp³-hybridized carbons (Fsp3) is 0.350. The van der Waals surface area contributed by atoms with Crippen LogP contribution < -0.4 is 16.2 Å². The summed E-state index contributed by atoms with van der Waals surface area (Å²) in [6, 6.07) is 10.6. The first kappa shape index (κ1) is 18.8. The predicted octanol–water partition coefficient (Wildman–Crippen LogP) is 0.899. The second-order valence-electron chi connectivity index (χ2n) is 6.78. The van der Waals surface area contributed by atoms with Gasteiger partial charge in [0.2, 0.25) is 0 Å². The van der Waals surface area contributed by atoms with E-state index in [1.54, 1.807) is 0 Å². The summed E-state index contributed by atoms with van der Waals surface area (Å²) in [5.41, 5.74) is 0.600. The Bertz CT molecular complexity index is 892. The van der Waals surface area contributed by atoms with Gasteiger partial charge in [0.25, 0.3) is 17.4 Å². The minimum atomic E-state index is -0.534. The van der Waals surface area contributed by atoms with E-state index in [2.05, 4.69) is 10.6 Å². The summed E-state index contributed by atoms with van der Waals surface area (Å²) in [7, 11) is 1.44. The van der Waals surface area contributed by atoms with E-state index in [0.29, 0.717) is 19.3 Å². The number of hydrogen-bond donors (Lipinski definition) is 3. The molecule has 7 nitrogen and oxygen atoms in total. The Morgan fingerprint density at radius 3 is 2.56 bits per heavy atom. The molecule has 1 aromatic heterocycles. The highest BCUT2D eigenvalue weighted by molar-refractivity contribution is 5.99. The minimum absolute atomic E-state index is 0.0764. The van der Waals surface area contributed by atoms with Crippen LogP contribution >= 0.6 is 0 Å². The molecule has 1 aliphatic carbocycles. The standard InChI is InChI=1S/C20H23N3O4/c1-21-19(26)17-9-14(18(25)22-15-7-8-16(24)10-15)12-23(20(17)27)11-13-5-3-2-4-6-13/h2-6,9,12,15-16,24H,7-8,10-11H2,1H3,(H,21,26)(H,22,25)/t15-,16+/m0/s1. The molecule has 1 heterocycles. The number of aliphatic hydroxyl groups is 1. The predicted molar refractivity (Wildman–Crippen MR) is 101 cm³/mol. The Morgan fingerprint density at radius 1 is 1.19 bits per heavy atom. The Morgan fingerprint density at radius 2 is 1.93 bits per heavy atom. The second kappa shape index (κ2) is 8.18. The summed E-state index contributed by atoms with van der Waals surface area (Å²) in [5.74, 6) is -0.895. The van der Waals surface area contributed by atoms with Gasteiger partial charge in [-0.3, -0.25) is 14.4 Å². The molecule has 142 valence electrons. The number of aliphatic hydroxyl groups excluding tert-OH is 1. The van der Waals surface area contributed by atoms with Crippen LogP contribution in [0.5, 0.6) is 0 Å². The largest absolute Gasteiger partial charge is 0.393 e. The van der Waals surface area contributed by atoms with Crippen molar-refractivity contribution in [3.05, 3.63) is 69.6 Å². The molecular formula is C20H23N3O4. The molecule has 0 bridgehead atoms. The van der Waals surface area contributed by atoms with Gasteiger partial charge in [0.15, 0.2) is 0 Å². The molecular weight excluding hydrogens is 346 g/mol. The molecule has 0 aliphatic heterocycles. The van der Waals surface area contributed by atoms with Gasteiger partial charge in [0.05, 0.1) is 18.2 Å². The van der Waals surface area contributed by atoms with E-state index >= 15 is 0 Å². The minimum Gasteiger partial charge on any atom is -0.393 e. The fourth-order valence-electron chi connectivity index (χ4n) is 3.31. The number of pyridine rings is 1. The summed E-state index contributed by atoms with van der Waals surface area (Å²) in [5, 5.41) is 14.9. The van der Waals surface area contributed by atoms with E-state index in [1.165, 1.54) is 23.9 Å². The first-order valence-corrected chi connectivity index (χ1v) is 8.97. The van der Waals surface area contributed by atoms with Gasteiger partial charge >= 0.3 is 0 Å². The quantitative estimate of drug-likeness (QED) is 0.729. The van der Waals surface area contributed by atoms with E-state index < -0.39 is 17.6 Å². The summed E-state index contributed by atoms with van der Waals surface area (Å²) in [4.78, 5) is 37.4. The van der Waals surface area contributed by atoms with Crippen LogP contribution in [-0.2, 0) is 6.54 Å². The molecule has 3 rings (SSSR count). The van der Waals surface area contributed by atoms with Gasteiger partial charge in [-0.1, -0.05) is 30.3 Å². The number of hydrogen-bond acceptors (Lipinski definition) is 4. The lowest BCUT2D eigenvalue weighted by Gasteiger charge is -2.15. The number of nitrogens with one attached hydrogen (secondary N) is 2. The van der Waals surface area contributed by atoms with E-state index in [1.807, 2.05) is 30.3 Å². The molecule has 2 amide bonds. The molecule has 0 unspecified atom stereocenters. The van der Waals surface area contributed by atoms with Crippen LogP contribution in [0.25, 0.3) is 0 Å². The molecule has 1 fully saturated rings. The van der Waals surface area contributed by atoms with Crippen molar-refractivity contribution in [3.8, 4) is 0 Å². The average molecular weight is 369 g/mol. The SMILES string of the molecule is CNC(=O)c1cc(C(=O)N[C@H]2CC[C@@H](O)C2)cn(Cc2ccccc2)c1=O. The zero-order valence-corrected chi connectivity index (χ0v) is 15.1. The number of benzene rings is 1. The lowest BCUT2D eigenvalue weighted by atomic mass is 10.1. The maximum absolute atomic E-state index is 12.7. The molecule has 0 spiro atoms. The monoisotopic (exact) mass is 369 g/mol. The third-order valence-electron chi connectivity index (χ3n) is 4.76. The third-order valence-corrected chi connectivity index (χ3v) is 4.76. The van der Waals surface area contributed by atoms with Gasteiger partial charge < -0.3 is 20.3 Å². The fourth-order valence-corrected chi connectivity index (χ4v) is 3.31. The van der Waals surface area contributed by atoms with Gasteiger partial charge in [-0.05, 0) is 30.9 Å². The van der Waals surface area contributed by atoms with Gasteiger partial charge in [-0.25, -0.2) is 0 Å². The molecule has 7 heteroatoms. The number of amides is 2. The number of rotatable bonds is 5. The molecule has 2 atom stereocenters. The molecule has 0 saturated heterocycles. The molecule has 0 radical (unpaired) electrons. The molecule has 27 heavy (non-hydrogen) atoms. The van der Waals surface area contributed by atoms with E-state index in [9.17, 15) is 19.5 Å². The van der Waals surface area contributed by atoms with Gasteiger partial charge in [0.1, 0.15) is 5.56 Å². The number of carbonyl (C=O) groups excluding carboxylic acids is 2. The van der Waals surface area contributed by atoms with E-state index in [4.69, 9.17) is 0 Å². The first-order chi connectivity index (χ1) is 13.0. The summed E-state index contributed by atoms with van der Waals surface area (Å²) in [6.07, 6.45) is 2.95. The normalized spacial score (nSPS) is 18.9. The van der Waals surface area contributed by atoms with Crippen LogP contribution in [0.3, 0.4) is 0 Å². The number of nitrogens with zero attached hydrogens (tertiary/aromatic N) is 1. The number of carbonyl (C=O) groups is 2. The van der Waals surface area contributed by atoms with Crippen molar-refractivity contribution in [2.24, 2.45) is 0 Å². The van der Waals surface area contributed by atoms with Gasteiger partial charge in [-0.2, -0.15) is 0 Å². The summed E-state index contributed by atoms with van der Waals surface area (Å²) in [6.45, 7) is 0.257. The van der Waals surface area contributed by atoms with Crippen LogP contribution in [0.2, 0.25) is 0 Å². The van der Waals surface area contributed by atoms with Crippen molar-refractivity contribution < 1.29 is 14.7 Å². The highest BCUT2D eigenvalue weighted by Gasteiger charge is 2.25. The Balaban J connectivity index is 1.93. The Kier molecular flexibility index (Phi) is 5.71. The van der Waals surface area contributed by atoms with Crippen molar-refractivity contribution in [2.75, 3.05) is 7.05 Å². The van der Waals surface area contributed by atoms with Crippen molar-refractivity contribution in [3.63, 3.8) is 0 Å². The van der Waals surface area contributed by atoms with Gasteiger partial charge in [0, 0.05) is 19.3 Å². The lowest BCUT2D eigenvalue weighted by molar-refractivity contribution is 0.0933. The Hall–Kier alpha value is -2.93. The van der Waals surface area contributed by atoms with Crippen LogP contribution in [-0.4, -0.2) is 40.7 Å².